The zero-order chi connectivity index (χ0) is 24.2. The number of hydrogen-bond acceptors (Lipinski definition) is 2. The second kappa shape index (κ2) is 8.15. The molecule has 0 unspecified atom stereocenters. The summed E-state index contributed by atoms with van der Waals surface area (Å²) in [6.45, 7) is 6.07. The number of halogens is 4. The summed E-state index contributed by atoms with van der Waals surface area (Å²) in [5.74, 6) is -0.0306. The summed E-state index contributed by atoms with van der Waals surface area (Å²) in [6.07, 6.45) is -3.60. The largest absolute Gasteiger partial charge is 0.416 e. The van der Waals surface area contributed by atoms with Gasteiger partial charge in [0.2, 0.25) is 11.8 Å². The van der Waals surface area contributed by atoms with Crippen LogP contribution in [0.1, 0.15) is 44.7 Å². The van der Waals surface area contributed by atoms with E-state index >= 15 is 0 Å². The fourth-order valence-corrected chi connectivity index (χ4v) is 5.30. The lowest BCUT2D eigenvalue weighted by atomic mass is 9.88. The molecule has 4 rings (SSSR count). The molecule has 4 nitrogen and oxygen atoms in total. The number of nitrogens with one attached hydrogen (secondary N) is 1. The van der Waals surface area contributed by atoms with Crippen molar-refractivity contribution in [1.29, 1.82) is 0 Å². The van der Waals surface area contributed by atoms with Crippen LogP contribution in [0.4, 0.5) is 18.9 Å². The van der Waals surface area contributed by atoms with Crippen LogP contribution in [0, 0.1) is 17.3 Å². The number of amides is 2. The summed E-state index contributed by atoms with van der Waals surface area (Å²) in [4.78, 5) is 28.5. The number of rotatable bonds is 4. The van der Waals surface area contributed by atoms with Crippen molar-refractivity contribution in [2.24, 2.45) is 17.3 Å². The summed E-state index contributed by atoms with van der Waals surface area (Å²) in [6, 6.07) is 11.9. The molecule has 2 fully saturated rings. The van der Waals surface area contributed by atoms with Gasteiger partial charge in [0, 0.05) is 23.1 Å². The van der Waals surface area contributed by atoms with Gasteiger partial charge >= 0.3 is 6.18 Å². The standard InChI is InChI=1S/C25H26BrF3N2O2/c1-23(2)19-12-21(32)31(14-15-4-6-16(7-5-15)25(27,28)29)24(3,13-20(19)23)22(33)30-18-10-8-17(26)9-11-18/h4-11,19-20H,12-14H2,1-3H3,(H,30,33)/t19-,20-,24+/m1/s1. The van der Waals surface area contributed by atoms with Gasteiger partial charge in [-0.15, -0.1) is 0 Å². The van der Waals surface area contributed by atoms with Crippen LogP contribution < -0.4 is 5.32 Å². The molecule has 0 aromatic heterocycles. The molecule has 8 heteroatoms. The Hall–Kier alpha value is -2.35. The van der Waals surface area contributed by atoms with E-state index in [4.69, 9.17) is 0 Å². The molecule has 0 bridgehead atoms. The lowest BCUT2D eigenvalue weighted by molar-refractivity contribution is -0.145. The van der Waals surface area contributed by atoms with Crippen LogP contribution >= 0.6 is 15.9 Å². The number of alkyl halides is 3. The zero-order valence-corrected chi connectivity index (χ0v) is 20.3. The molecule has 1 aliphatic carbocycles. The molecular weight excluding hydrogens is 497 g/mol. The monoisotopic (exact) mass is 522 g/mol. The van der Waals surface area contributed by atoms with Crippen molar-refractivity contribution in [3.8, 4) is 0 Å². The van der Waals surface area contributed by atoms with Gasteiger partial charge in [0.05, 0.1) is 5.56 Å². The SMILES string of the molecule is CC1(C)[C@@H]2CC(=O)N(Cc3ccc(C(F)(F)F)cc3)[C@](C)(C(=O)Nc3ccc(Br)cc3)C[C@H]21. The maximum absolute atomic E-state index is 13.6. The predicted molar refractivity (Wildman–Crippen MR) is 123 cm³/mol. The number of likely N-dealkylation sites (tertiary alicyclic amines) is 1. The second-order valence-corrected chi connectivity index (χ2v) is 10.8. The van der Waals surface area contributed by atoms with E-state index in [1.165, 1.54) is 12.1 Å². The zero-order valence-electron chi connectivity index (χ0n) is 18.7. The maximum atomic E-state index is 13.6. The van der Waals surface area contributed by atoms with Crippen LogP contribution in [0.3, 0.4) is 0 Å². The average Bonchev–Trinajstić information content (AvgIpc) is 3.28. The Kier molecular flexibility index (Phi) is 5.88. The number of carbonyl (C=O) groups is 2. The minimum Gasteiger partial charge on any atom is -0.324 e. The smallest absolute Gasteiger partial charge is 0.324 e. The van der Waals surface area contributed by atoms with Gasteiger partial charge in [-0.1, -0.05) is 41.9 Å². The van der Waals surface area contributed by atoms with Gasteiger partial charge in [0.15, 0.2) is 0 Å². The Morgan fingerprint density at radius 1 is 1.06 bits per heavy atom. The fourth-order valence-electron chi connectivity index (χ4n) is 5.04. The van der Waals surface area contributed by atoms with Crippen molar-refractivity contribution >= 4 is 33.4 Å². The average molecular weight is 523 g/mol. The second-order valence-electron chi connectivity index (χ2n) is 9.85. The Bertz CT molecular complexity index is 1070. The first-order valence-corrected chi connectivity index (χ1v) is 11.7. The first-order valence-electron chi connectivity index (χ1n) is 10.9. The van der Waals surface area contributed by atoms with Gasteiger partial charge in [-0.2, -0.15) is 13.2 Å². The Balaban J connectivity index is 1.64. The highest BCUT2D eigenvalue weighted by Crippen LogP contribution is 2.64. The number of carbonyl (C=O) groups excluding carboxylic acids is 2. The third-order valence-corrected chi connectivity index (χ3v) is 7.94. The third-order valence-electron chi connectivity index (χ3n) is 7.41. The van der Waals surface area contributed by atoms with E-state index in [2.05, 4.69) is 35.1 Å². The third kappa shape index (κ3) is 4.54. The predicted octanol–water partition coefficient (Wildman–Crippen LogP) is 6.26. The number of hydrogen-bond donors (Lipinski definition) is 1. The molecule has 1 heterocycles. The molecule has 2 amide bonds. The van der Waals surface area contributed by atoms with Crippen molar-refractivity contribution in [3.63, 3.8) is 0 Å². The van der Waals surface area contributed by atoms with E-state index in [1.54, 1.807) is 24.0 Å². The summed E-state index contributed by atoms with van der Waals surface area (Å²) < 4.78 is 39.7. The molecule has 1 aliphatic heterocycles. The van der Waals surface area contributed by atoms with Gasteiger partial charge < -0.3 is 10.2 Å². The molecule has 176 valence electrons. The van der Waals surface area contributed by atoms with E-state index in [-0.39, 0.29) is 35.6 Å². The Labute approximate surface area is 199 Å². The summed E-state index contributed by atoms with van der Waals surface area (Å²) in [5, 5.41) is 2.94. The van der Waals surface area contributed by atoms with Crippen molar-refractivity contribution in [2.75, 3.05) is 5.32 Å². The number of nitrogens with zero attached hydrogens (tertiary/aromatic N) is 1. The molecule has 3 atom stereocenters. The minimum absolute atomic E-state index is 0.0186. The molecule has 1 saturated heterocycles. The minimum atomic E-state index is -4.43. The first kappa shape index (κ1) is 23.8. The topological polar surface area (TPSA) is 49.4 Å². The van der Waals surface area contributed by atoms with E-state index in [9.17, 15) is 22.8 Å². The van der Waals surface area contributed by atoms with Crippen LogP contribution in [-0.4, -0.2) is 22.3 Å². The summed E-state index contributed by atoms with van der Waals surface area (Å²) in [5.41, 5.74) is -0.738. The fraction of sp³-hybridized carbons (Fsp3) is 0.440. The van der Waals surface area contributed by atoms with Gasteiger partial charge in [-0.25, -0.2) is 0 Å². The van der Waals surface area contributed by atoms with E-state index in [0.29, 0.717) is 24.1 Å². The molecule has 2 aromatic rings. The molecular formula is C25H26BrF3N2O2. The Morgan fingerprint density at radius 2 is 1.67 bits per heavy atom. The van der Waals surface area contributed by atoms with E-state index < -0.39 is 17.3 Å². The van der Waals surface area contributed by atoms with Gasteiger partial charge in [-0.05, 0) is 72.6 Å². The van der Waals surface area contributed by atoms with Crippen molar-refractivity contribution in [1.82, 2.24) is 4.90 Å². The molecule has 2 aromatic carbocycles. The number of benzene rings is 2. The van der Waals surface area contributed by atoms with Gasteiger partial charge in [0.25, 0.3) is 0 Å². The highest BCUT2D eigenvalue weighted by molar-refractivity contribution is 9.10. The normalized spacial score (nSPS) is 26.4. The van der Waals surface area contributed by atoms with E-state index in [0.717, 1.165) is 16.6 Å². The molecule has 0 spiro atoms. The molecule has 1 N–H and O–H groups in total. The van der Waals surface area contributed by atoms with Crippen LogP contribution in [0.25, 0.3) is 0 Å². The summed E-state index contributed by atoms with van der Waals surface area (Å²) in [7, 11) is 0. The molecule has 0 radical (unpaired) electrons. The Morgan fingerprint density at radius 3 is 2.24 bits per heavy atom. The van der Waals surface area contributed by atoms with Crippen LogP contribution in [0.2, 0.25) is 0 Å². The van der Waals surface area contributed by atoms with Crippen LogP contribution in [-0.2, 0) is 22.3 Å². The van der Waals surface area contributed by atoms with Crippen LogP contribution in [0.5, 0.6) is 0 Å². The van der Waals surface area contributed by atoms with Crippen LogP contribution in [0.15, 0.2) is 53.0 Å². The number of anilines is 1. The highest BCUT2D eigenvalue weighted by atomic mass is 79.9. The van der Waals surface area contributed by atoms with Crippen molar-refractivity contribution in [2.45, 2.75) is 51.9 Å². The molecule has 33 heavy (non-hydrogen) atoms. The lowest BCUT2D eigenvalue weighted by Gasteiger charge is -2.40. The lowest BCUT2D eigenvalue weighted by Crippen LogP contribution is -2.56. The van der Waals surface area contributed by atoms with E-state index in [1.807, 2.05) is 12.1 Å². The maximum Gasteiger partial charge on any atom is 0.416 e. The van der Waals surface area contributed by atoms with Crippen molar-refractivity contribution < 1.29 is 22.8 Å². The quantitative estimate of drug-likeness (QED) is 0.515. The highest BCUT2D eigenvalue weighted by Gasteiger charge is 2.64. The summed E-state index contributed by atoms with van der Waals surface area (Å²) >= 11 is 3.37. The molecule has 1 saturated carbocycles. The number of fused-ring (bicyclic) bond motifs is 1. The molecule has 2 aliphatic rings. The van der Waals surface area contributed by atoms with Gasteiger partial charge in [-0.3, -0.25) is 9.59 Å². The van der Waals surface area contributed by atoms with Gasteiger partial charge in [0.1, 0.15) is 5.54 Å². The first-order chi connectivity index (χ1) is 15.3. The van der Waals surface area contributed by atoms with Crippen molar-refractivity contribution in [3.05, 3.63) is 64.1 Å².